The van der Waals surface area contributed by atoms with E-state index in [1.807, 2.05) is 0 Å². The van der Waals surface area contributed by atoms with Crippen molar-refractivity contribution in [2.45, 2.75) is 0 Å². The van der Waals surface area contributed by atoms with E-state index < -0.39 is 0 Å². The zero-order chi connectivity index (χ0) is 14.1. The zero-order valence-corrected chi connectivity index (χ0v) is 10.4. The van der Waals surface area contributed by atoms with Gasteiger partial charge >= 0.3 is 5.69 Å². The smallest absolute Gasteiger partial charge is 0.330 e. The van der Waals surface area contributed by atoms with Crippen molar-refractivity contribution in [3.8, 4) is 16.9 Å². The average Bonchev–Trinajstić information content (AvgIpc) is 2.82. The number of anilines is 1. The van der Waals surface area contributed by atoms with E-state index in [2.05, 4.69) is 9.97 Å². The van der Waals surface area contributed by atoms with E-state index in [-0.39, 0.29) is 11.5 Å². The summed E-state index contributed by atoms with van der Waals surface area (Å²) < 4.78 is 14.4. The molecule has 0 radical (unpaired) electrons. The molecule has 2 aromatic heterocycles. The van der Waals surface area contributed by atoms with E-state index in [0.29, 0.717) is 17.2 Å². The number of pyridine rings is 1. The predicted molar refractivity (Wildman–Crippen MR) is 74.0 cm³/mol. The molecule has 0 aliphatic heterocycles. The fourth-order valence-corrected chi connectivity index (χ4v) is 2.04. The Kier molecular flexibility index (Phi) is 2.83. The third-order valence-corrected chi connectivity index (χ3v) is 2.94. The molecule has 5 nitrogen and oxygen atoms in total. The summed E-state index contributed by atoms with van der Waals surface area (Å²) in [5, 5.41) is 0. The van der Waals surface area contributed by atoms with E-state index in [0.717, 1.165) is 5.56 Å². The summed E-state index contributed by atoms with van der Waals surface area (Å²) in [6, 6.07) is 9.11. The number of benzene rings is 1. The third kappa shape index (κ3) is 2.07. The minimum Gasteiger partial charge on any atom is -0.384 e. The van der Waals surface area contributed by atoms with Crippen LogP contribution in [0.3, 0.4) is 0 Å². The van der Waals surface area contributed by atoms with Crippen molar-refractivity contribution in [2.24, 2.45) is 0 Å². The van der Waals surface area contributed by atoms with Crippen molar-refractivity contribution in [2.75, 3.05) is 5.73 Å². The molecule has 6 heteroatoms. The molecule has 2 heterocycles. The Balaban J connectivity index is 2.20. The normalized spacial score (nSPS) is 10.7. The number of nitrogen functional groups attached to an aromatic ring is 1. The van der Waals surface area contributed by atoms with Gasteiger partial charge in [0.15, 0.2) is 0 Å². The fourth-order valence-electron chi connectivity index (χ4n) is 2.04. The van der Waals surface area contributed by atoms with Crippen molar-refractivity contribution in [1.82, 2.24) is 14.5 Å². The summed E-state index contributed by atoms with van der Waals surface area (Å²) in [7, 11) is 0. The van der Waals surface area contributed by atoms with Gasteiger partial charge in [-0.25, -0.2) is 14.2 Å². The molecule has 0 amide bonds. The second-order valence-electron chi connectivity index (χ2n) is 4.26. The second-order valence-corrected chi connectivity index (χ2v) is 4.26. The van der Waals surface area contributed by atoms with Gasteiger partial charge in [0.25, 0.3) is 0 Å². The van der Waals surface area contributed by atoms with Crippen molar-refractivity contribution >= 4 is 5.82 Å². The van der Waals surface area contributed by atoms with Gasteiger partial charge in [0.1, 0.15) is 11.6 Å². The maximum atomic E-state index is 13.0. The summed E-state index contributed by atoms with van der Waals surface area (Å²) in [4.78, 5) is 18.5. The van der Waals surface area contributed by atoms with Crippen LogP contribution in [0.5, 0.6) is 0 Å². The molecule has 0 atom stereocenters. The summed E-state index contributed by atoms with van der Waals surface area (Å²) >= 11 is 0. The molecule has 20 heavy (non-hydrogen) atoms. The number of nitrogens with two attached hydrogens (primary N) is 1. The molecule has 0 aliphatic rings. The van der Waals surface area contributed by atoms with E-state index in [4.69, 9.17) is 5.73 Å². The highest BCUT2D eigenvalue weighted by atomic mass is 19.1. The van der Waals surface area contributed by atoms with E-state index in [1.165, 1.54) is 16.7 Å². The van der Waals surface area contributed by atoms with Crippen LogP contribution in [-0.4, -0.2) is 14.5 Å². The number of nitrogens with one attached hydrogen (secondary N) is 1. The van der Waals surface area contributed by atoms with Crippen LogP contribution in [0.15, 0.2) is 53.6 Å². The van der Waals surface area contributed by atoms with Crippen LogP contribution in [0.4, 0.5) is 10.2 Å². The van der Waals surface area contributed by atoms with Crippen molar-refractivity contribution < 1.29 is 4.39 Å². The first-order valence-corrected chi connectivity index (χ1v) is 5.93. The first-order chi connectivity index (χ1) is 9.65. The van der Waals surface area contributed by atoms with Crippen LogP contribution in [0.2, 0.25) is 0 Å². The van der Waals surface area contributed by atoms with E-state index >= 15 is 0 Å². The van der Waals surface area contributed by atoms with E-state index in [9.17, 15) is 9.18 Å². The van der Waals surface area contributed by atoms with Crippen LogP contribution in [-0.2, 0) is 0 Å². The van der Waals surface area contributed by atoms with Crippen molar-refractivity contribution in [3.05, 3.63) is 65.1 Å². The Morgan fingerprint density at radius 2 is 1.95 bits per heavy atom. The van der Waals surface area contributed by atoms with Gasteiger partial charge in [0.05, 0.1) is 11.4 Å². The molecule has 3 N–H and O–H groups in total. The second kappa shape index (κ2) is 4.65. The monoisotopic (exact) mass is 270 g/mol. The number of aromatic amines is 1. The standard InChI is InChI=1S/C14H11FN4O/c15-10-1-3-11(4-2-10)19-12(8-18-14(19)20)9-5-6-17-13(16)7-9/h1-8H,(H2,16,17)(H,18,20). The third-order valence-electron chi connectivity index (χ3n) is 2.94. The molecule has 100 valence electrons. The number of halogens is 1. The highest BCUT2D eigenvalue weighted by Crippen LogP contribution is 2.21. The molecular formula is C14H11FN4O. The topological polar surface area (TPSA) is 76.7 Å². The van der Waals surface area contributed by atoms with Gasteiger partial charge in [-0.3, -0.25) is 4.57 Å². The molecule has 0 saturated heterocycles. The lowest BCUT2D eigenvalue weighted by molar-refractivity contribution is 0.627. The first kappa shape index (κ1) is 12.2. The zero-order valence-electron chi connectivity index (χ0n) is 10.4. The molecule has 0 saturated carbocycles. The highest BCUT2D eigenvalue weighted by Gasteiger charge is 2.11. The van der Waals surface area contributed by atoms with Gasteiger partial charge in [0, 0.05) is 18.0 Å². The van der Waals surface area contributed by atoms with Gasteiger partial charge in [-0.05, 0) is 36.4 Å². The van der Waals surface area contributed by atoms with Gasteiger partial charge in [0.2, 0.25) is 0 Å². The van der Waals surface area contributed by atoms with E-state index in [1.54, 1.807) is 36.7 Å². The Morgan fingerprint density at radius 3 is 2.65 bits per heavy atom. The number of rotatable bonds is 2. The number of aromatic nitrogens is 3. The lowest BCUT2D eigenvalue weighted by Crippen LogP contribution is -2.15. The minimum atomic E-state index is -0.355. The number of imidazole rings is 1. The Labute approximate surface area is 113 Å². The van der Waals surface area contributed by atoms with Gasteiger partial charge in [-0.1, -0.05) is 0 Å². The largest absolute Gasteiger partial charge is 0.384 e. The maximum Gasteiger partial charge on any atom is 0.330 e. The maximum absolute atomic E-state index is 13.0. The van der Waals surface area contributed by atoms with Crippen LogP contribution >= 0.6 is 0 Å². The van der Waals surface area contributed by atoms with Crippen LogP contribution < -0.4 is 11.4 Å². The highest BCUT2D eigenvalue weighted by molar-refractivity contribution is 5.64. The fraction of sp³-hybridized carbons (Fsp3) is 0. The Morgan fingerprint density at radius 1 is 1.20 bits per heavy atom. The number of nitrogens with zero attached hydrogens (tertiary/aromatic N) is 2. The molecule has 0 aliphatic carbocycles. The quantitative estimate of drug-likeness (QED) is 0.747. The van der Waals surface area contributed by atoms with Crippen molar-refractivity contribution in [3.63, 3.8) is 0 Å². The van der Waals surface area contributed by atoms with Crippen LogP contribution in [0.25, 0.3) is 16.9 Å². The first-order valence-electron chi connectivity index (χ1n) is 5.93. The number of H-pyrrole nitrogens is 1. The molecule has 1 aromatic carbocycles. The summed E-state index contributed by atoms with van der Waals surface area (Å²) in [5.41, 5.74) is 7.31. The summed E-state index contributed by atoms with van der Waals surface area (Å²) in [6.45, 7) is 0. The Hall–Kier alpha value is -2.89. The molecular weight excluding hydrogens is 259 g/mol. The van der Waals surface area contributed by atoms with Crippen LogP contribution in [0, 0.1) is 5.82 Å². The van der Waals surface area contributed by atoms with Crippen molar-refractivity contribution in [1.29, 1.82) is 0 Å². The lowest BCUT2D eigenvalue weighted by atomic mass is 10.2. The average molecular weight is 270 g/mol. The molecule has 0 spiro atoms. The van der Waals surface area contributed by atoms with Gasteiger partial charge < -0.3 is 10.7 Å². The van der Waals surface area contributed by atoms with Gasteiger partial charge in [-0.2, -0.15) is 0 Å². The van der Waals surface area contributed by atoms with Gasteiger partial charge in [-0.15, -0.1) is 0 Å². The minimum absolute atomic E-state index is 0.304. The Bertz CT molecular complexity index is 805. The SMILES string of the molecule is Nc1cc(-c2c[nH]c(=O)n2-c2ccc(F)cc2)ccn1. The summed E-state index contributed by atoms with van der Waals surface area (Å²) in [6.07, 6.45) is 3.15. The molecule has 0 bridgehead atoms. The number of hydrogen-bond acceptors (Lipinski definition) is 3. The van der Waals surface area contributed by atoms with Crippen LogP contribution in [0.1, 0.15) is 0 Å². The number of hydrogen-bond donors (Lipinski definition) is 2. The summed E-state index contributed by atoms with van der Waals surface area (Å²) in [5.74, 6) is 0.00819. The molecule has 0 fully saturated rings. The predicted octanol–water partition coefficient (Wildman–Crippen LogP) is 1.95. The molecule has 3 aromatic rings. The lowest BCUT2D eigenvalue weighted by Gasteiger charge is -2.07. The molecule has 3 rings (SSSR count). The molecule has 0 unspecified atom stereocenters.